The Morgan fingerprint density at radius 2 is 2.25 bits per heavy atom. The number of hydrogen-bond acceptors (Lipinski definition) is 2. The molecule has 0 aliphatic heterocycles. The summed E-state index contributed by atoms with van der Waals surface area (Å²) in [5.41, 5.74) is 5.63. The first-order valence-electron chi connectivity index (χ1n) is 4.56. The molecule has 0 saturated heterocycles. The van der Waals surface area contributed by atoms with E-state index in [0.29, 0.717) is 5.96 Å². The summed E-state index contributed by atoms with van der Waals surface area (Å²) in [5.74, 6) is 6.43. The lowest BCUT2D eigenvalue weighted by Crippen LogP contribution is -2.40. The van der Waals surface area contributed by atoms with Gasteiger partial charge >= 0.3 is 0 Å². The molecule has 4 N–H and O–H groups in total. The third-order valence-electron chi connectivity index (χ3n) is 2.13. The molecule has 0 atom stereocenters. The largest absolute Gasteiger partial charge is 0.368 e. The molecule has 0 aromatic rings. The van der Waals surface area contributed by atoms with Crippen LogP contribution in [0.15, 0.2) is 5.10 Å². The maximum atomic E-state index is 5.63. The Balaban J connectivity index is 2.35. The molecule has 0 unspecified atom stereocenters. The monoisotopic (exact) mass is 170 g/mol. The highest BCUT2D eigenvalue weighted by Gasteiger charge is 2.24. The van der Waals surface area contributed by atoms with Gasteiger partial charge in [0.2, 0.25) is 5.96 Å². The third-order valence-corrected chi connectivity index (χ3v) is 2.13. The van der Waals surface area contributed by atoms with E-state index in [-0.39, 0.29) is 0 Å². The molecule has 0 aromatic heterocycles. The molecule has 1 aliphatic carbocycles. The lowest BCUT2D eigenvalue weighted by Gasteiger charge is -2.21. The van der Waals surface area contributed by atoms with Crippen molar-refractivity contribution in [3.8, 4) is 0 Å². The molecule has 4 nitrogen and oxygen atoms in total. The lowest BCUT2D eigenvalue weighted by molar-refractivity contribution is 0.394. The Hall–Kier alpha value is -0.930. The quantitative estimate of drug-likeness (QED) is 0.276. The van der Waals surface area contributed by atoms with Crippen molar-refractivity contribution in [3.05, 3.63) is 0 Å². The highest BCUT2D eigenvalue weighted by atomic mass is 15.3. The Bertz CT molecular complexity index is 162. The smallest absolute Gasteiger partial charge is 0.213 e. The minimum Gasteiger partial charge on any atom is -0.368 e. The summed E-state index contributed by atoms with van der Waals surface area (Å²) >= 11 is 0. The molecule has 0 heterocycles. The molecule has 4 heteroatoms. The molecule has 12 heavy (non-hydrogen) atoms. The van der Waals surface area contributed by atoms with E-state index in [0.717, 1.165) is 25.4 Å². The zero-order chi connectivity index (χ0) is 8.97. The highest BCUT2D eigenvalue weighted by Crippen LogP contribution is 2.29. The first kappa shape index (κ1) is 9.16. The highest BCUT2D eigenvalue weighted by molar-refractivity contribution is 5.77. The molecule has 0 aromatic carbocycles. The maximum absolute atomic E-state index is 5.63. The molecule has 1 aliphatic rings. The third kappa shape index (κ3) is 2.60. The van der Waals surface area contributed by atoms with E-state index in [9.17, 15) is 0 Å². The van der Waals surface area contributed by atoms with Crippen molar-refractivity contribution in [2.75, 3.05) is 13.1 Å². The van der Waals surface area contributed by atoms with Crippen LogP contribution >= 0.6 is 0 Å². The van der Waals surface area contributed by atoms with Crippen LogP contribution < -0.4 is 11.6 Å². The molecular weight excluding hydrogens is 152 g/mol. The van der Waals surface area contributed by atoms with Crippen molar-refractivity contribution >= 4 is 5.96 Å². The van der Waals surface area contributed by atoms with Crippen LogP contribution in [-0.4, -0.2) is 23.9 Å². The number of nitrogens with zero attached hydrogens (tertiary/aromatic N) is 2. The van der Waals surface area contributed by atoms with Gasteiger partial charge in [0, 0.05) is 13.1 Å². The summed E-state index contributed by atoms with van der Waals surface area (Å²) in [7, 11) is 0. The van der Waals surface area contributed by atoms with Crippen LogP contribution in [0.3, 0.4) is 0 Å². The summed E-state index contributed by atoms with van der Waals surface area (Å²) in [4.78, 5) is 2.07. The lowest BCUT2D eigenvalue weighted by atomic mass is 10.3. The fraction of sp³-hybridized carbons (Fsp3) is 0.875. The van der Waals surface area contributed by atoms with Gasteiger partial charge in [-0.1, -0.05) is 6.92 Å². The zero-order valence-corrected chi connectivity index (χ0v) is 7.66. The molecule has 1 saturated carbocycles. The summed E-state index contributed by atoms with van der Waals surface area (Å²) in [5, 5.41) is 3.51. The Morgan fingerprint density at radius 1 is 1.58 bits per heavy atom. The maximum Gasteiger partial charge on any atom is 0.213 e. The van der Waals surface area contributed by atoms with Crippen molar-refractivity contribution in [1.29, 1.82) is 0 Å². The van der Waals surface area contributed by atoms with Gasteiger partial charge in [0.05, 0.1) is 0 Å². The van der Waals surface area contributed by atoms with Gasteiger partial charge in [-0.25, -0.2) is 0 Å². The molecule has 1 fully saturated rings. The first-order valence-corrected chi connectivity index (χ1v) is 4.56. The standard InChI is InChI=1S/C8H18N4/c1-2-5-12(8(9)11-10)6-7-3-4-7/h7H,2-6,10H2,1H3,(H2,9,11). The fourth-order valence-corrected chi connectivity index (χ4v) is 1.26. The summed E-state index contributed by atoms with van der Waals surface area (Å²) in [6.07, 6.45) is 3.75. The Morgan fingerprint density at radius 3 is 2.67 bits per heavy atom. The second-order valence-electron chi connectivity index (χ2n) is 3.38. The summed E-state index contributed by atoms with van der Waals surface area (Å²) in [6, 6.07) is 0. The number of hydrazone groups is 1. The number of hydrogen-bond donors (Lipinski definition) is 2. The molecule has 70 valence electrons. The molecular formula is C8H18N4. The van der Waals surface area contributed by atoms with Crippen LogP contribution in [-0.2, 0) is 0 Å². The Kier molecular flexibility index (Phi) is 3.19. The van der Waals surface area contributed by atoms with Crippen LogP contribution in [0.4, 0.5) is 0 Å². The van der Waals surface area contributed by atoms with E-state index in [1.165, 1.54) is 12.8 Å². The van der Waals surface area contributed by atoms with E-state index in [1.54, 1.807) is 0 Å². The van der Waals surface area contributed by atoms with Gasteiger partial charge in [0.25, 0.3) is 0 Å². The van der Waals surface area contributed by atoms with E-state index in [1.807, 2.05) is 0 Å². The minimum atomic E-state index is 0.476. The average molecular weight is 170 g/mol. The van der Waals surface area contributed by atoms with Gasteiger partial charge in [-0.05, 0) is 25.2 Å². The van der Waals surface area contributed by atoms with Crippen LogP contribution in [0.1, 0.15) is 26.2 Å². The van der Waals surface area contributed by atoms with Crippen LogP contribution in [0.2, 0.25) is 0 Å². The second kappa shape index (κ2) is 4.18. The van der Waals surface area contributed by atoms with Crippen LogP contribution in [0, 0.1) is 5.92 Å². The number of guanidine groups is 1. The molecule has 0 spiro atoms. The Labute approximate surface area is 73.6 Å². The van der Waals surface area contributed by atoms with Crippen LogP contribution in [0.25, 0.3) is 0 Å². The van der Waals surface area contributed by atoms with Crippen molar-refractivity contribution in [1.82, 2.24) is 4.90 Å². The summed E-state index contributed by atoms with van der Waals surface area (Å²) in [6.45, 7) is 4.12. The number of nitrogens with two attached hydrogens (primary N) is 2. The van der Waals surface area contributed by atoms with E-state index in [4.69, 9.17) is 11.6 Å². The van der Waals surface area contributed by atoms with E-state index in [2.05, 4.69) is 16.9 Å². The van der Waals surface area contributed by atoms with Gasteiger partial charge in [0.15, 0.2) is 0 Å². The summed E-state index contributed by atoms with van der Waals surface area (Å²) < 4.78 is 0. The van der Waals surface area contributed by atoms with Crippen molar-refractivity contribution in [2.45, 2.75) is 26.2 Å². The van der Waals surface area contributed by atoms with Crippen molar-refractivity contribution in [2.24, 2.45) is 22.6 Å². The molecule has 0 amide bonds. The molecule has 0 bridgehead atoms. The predicted octanol–water partition coefficient (Wildman–Crippen LogP) is 0.297. The number of rotatable bonds is 4. The topological polar surface area (TPSA) is 67.6 Å². The van der Waals surface area contributed by atoms with Gasteiger partial charge in [-0.15, -0.1) is 5.10 Å². The van der Waals surface area contributed by atoms with Gasteiger partial charge in [0.1, 0.15) is 0 Å². The van der Waals surface area contributed by atoms with Gasteiger partial charge in [-0.2, -0.15) is 0 Å². The molecule has 0 radical (unpaired) electrons. The SMILES string of the molecule is CCCN(CC1CC1)C(N)=NN. The van der Waals surface area contributed by atoms with Crippen molar-refractivity contribution < 1.29 is 0 Å². The minimum absolute atomic E-state index is 0.476. The zero-order valence-electron chi connectivity index (χ0n) is 7.66. The molecule has 1 rings (SSSR count). The van der Waals surface area contributed by atoms with E-state index < -0.39 is 0 Å². The normalized spacial score (nSPS) is 17.9. The van der Waals surface area contributed by atoms with Crippen molar-refractivity contribution in [3.63, 3.8) is 0 Å². The average Bonchev–Trinajstić information content (AvgIpc) is 2.86. The van der Waals surface area contributed by atoms with E-state index >= 15 is 0 Å². The van der Waals surface area contributed by atoms with Gasteiger partial charge < -0.3 is 16.5 Å². The predicted molar refractivity (Wildman–Crippen MR) is 50.4 cm³/mol. The first-order chi connectivity index (χ1) is 5.77. The second-order valence-corrected chi connectivity index (χ2v) is 3.38. The van der Waals surface area contributed by atoms with Gasteiger partial charge in [-0.3, -0.25) is 0 Å². The van der Waals surface area contributed by atoms with Crippen LogP contribution in [0.5, 0.6) is 0 Å². The fourth-order valence-electron chi connectivity index (χ4n) is 1.26.